The number of thiol groups is 1. The molecular formula is C12H12N2OS2. The predicted octanol–water partition coefficient (Wildman–Crippen LogP) is 2.67. The van der Waals surface area contributed by atoms with Gasteiger partial charge in [0.2, 0.25) is 0 Å². The van der Waals surface area contributed by atoms with Gasteiger partial charge in [0.05, 0.1) is 22.8 Å². The average Bonchev–Trinajstić information content (AvgIpc) is 2.73. The highest BCUT2D eigenvalue weighted by Gasteiger charge is 2.08. The van der Waals surface area contributed by atoms with Crippen molar-refractivity contribution in [2.75, 3.05) is 0 Å². The highest BCUT2D eigenvalue weighted by molar-refractivity contribution is 7.80. The highest BCUT2D eigenvalue weighted by Crippen LogP contribution is 2.13. The molecule has 3 nitrogen and oxygen atoms in total. The normalized spacial score (nSPS) is 10.2. The molecular weight excluding hydrogens is 252 g/mol. The summed E-state index contributed by atoms with van der Waals surface area (Å²) in [6, 6.07) is 7.22. The third-order valence-electron chi connectivity index (χ3n) is 2.25. The van der Waals surface area contributed by atoms with Crippen LogP contribution in [-0.2, 0) is 6.54 Å². The van der Waals surface area contributed by atoms with E-state index >= 15 is 0 Å². The minimum Gasteiger partial charge on any atom is -0.346 e. The van der Waals surface area contributed by atoms with Crippen LogP contribution >= 0.6 is 24.0 Å². The van der Waals surface area contributed by atoms with Crippen molar-refractivity contribution in [3.8, 4) is 0 Å². The quantitative estimate of drug-likeness (QED) is 0.837. The molecule has 0 saturated carbocycles. The summed E-state index contributed by atoms with van der Waals surface area (Å²) in [6.45, 7) is 2.39. The van der Waals surface area contributed by atoms with E-state index in [-0.39, 0.29) is 5.91 Å². The van der Waals surface area contributed by atoms with Crippen LogP contribution in [-0.4, -0.2) is 10.9 Å². The van der Waals surface area contributed by atoms with E-state index in [4.69, 9.17) is 0 Å². The fourth-order valence-electron chi connectivity index (χ4n) is 1.42. The van der Waals surface area contributed by atoms with Gasteiger partial charge in [-0.15, -0.1) is 24.0 Å². The smallest absolute Gasteiger partial charge is 0.252 e. The molecule has 0 aliphatic heterocycles. The summed E-state index contributed by atoms with van der Waals surface area (Å²) in [5.74, 6) is -0.124. The van der Waals surface area contributed by atoms with E-state index in [0.29, 0.717) is 17.0 Å². The van der Waals surface area contributed by atoms with Crippen molar-refractivity contribution in [2.45, 2.75) is 18.4 Å². The number of hydrogen-bond acceptors (Lipinski definition) is 4. The van der Waals surface area contributed by atoms with Gasteiger partial charge in [0.1, 0.15) is 0 Å². The van der Waals surface area contributed by atoms with Crippen LogP contribution in [0.5, 0.6) is 0 Å². The van der Waals surface area contributed by atoms with Crippen LogP contribution in [0.4, 0.5) is 0 Å². The van der Waals surface area contributed by atoms with Gasteiger partial charge in [0.15, 0.2) is 0 Å². The number of carbonyl (C=O) groups is 1. The molecule has 0 aliphatic rings. The summed E-state index contributed by atoms with van der Waals surface area (Å²) >= 11 is 5.82. The Kier molecular flexibility index (Phi) is 3.81. The summed E-state index contributed by atoms with van der Waals surface area (Å²) < 4.78 is 0. The van der Waals surface area contributed by atoms with Gasteiger partial charge in [-0.25, -0.2) is 4.98 Å². The van der Waals surface area contributed by atoms with Gasteiger partial charge in [-0.2, -0.15) is 0 Å². The second-order valence-corrected chi connectivity index (χ2v) is 5.10. The van der Waals surface area contributed by atoms with E-state index in [2.05, 4.69) is 22.9 Å². The number of aromatic nitrogens is 1. The first-order valence-corrected chi connectivity index (χ1v) is 6.46. The number of rotatable bonds is 3. The van der Waals surface area contributed by atoms with E-state index in [9.17, 15) is 4.79 Å². The molecule has 0 bridgehead atoms. The molecule has 0 atom stereocenters. The molecule has 5 heteroatoms. The molecule has 1 aromatic heterocycles. The van der Waals surface area contributed by atoms with Gasteiger partial charge in [-0.1, -0.05) is 12.1 Å². The molecule has 1 aromatic carbocycles. The Morgan fingerprint density at radius 3 is 2.88 bits per heavy atom. The number of carbonyl (C=O) groups excluding carboxylic acids is 1. The van der Waals surface area contributed by atoms with Crippen molar-refractivity contribution in [3.63, 3.8) is 0 Å². The van der Waals surface area contributed by atoms with Gasteiger partial charge in [0.25, 0.3) is 5.91 Å². The van der Waals surface area contributed by atoms with Crippen molar-refractivity contribution in [1.82, 2.24) is 10.3 Å². The van der Waals surface area contributed by atoms with Crippen molar-refractivity contribution < 1.29 is 4.79 Å². The van der Waals surface area contributed by atoms with E-state index in [1.807, 2.05) is 24.4 Å². The molecule has 0 radical (unpaired) electrons. The zero-order valence-corrected chi connectivity index (χ0v) is 11.0. The van der Waals surface area contributed by atoms with Crippen molar-refractivity contribution in [3.05, 3.63) is 45.9 Å². The van der Waals surface area contributed by atoms with E-state index < -0.39 is 0 Å². The highest BCUT2D eigenvalue weighted by atomic mass is 32.1. The lowest BCUT2D eigenvalue weighted by Crippen LogP contribution is -2.23. The van der Waals surface area contributed by atoms with Gasteiger partial charge >= 0.3 is 0 Å². The number of aryl methyl sites for hydroxylation is 1. The maximum atomic E-state index is 11.9. The summed E-state index contributed by atoms with van der Waals surface area (Å²) in [4.78, 5) is 16.8. The summed E-state index contributed by atoms with van der Waals surface area (Å²) in [6.07, 6.45) is 0. The van der Waals surface area contributed by atoms with E-state index in [1.165, 1.54) is 0 Å². The minimum atomic E-state index is -0.124. The molecule has 0 unspecified atom stereocenters. The number of amides is 1. The lowest BCUT2D eigenvalue weighted by atomic mass is 10.2. The maximum Gasteiger partial charge on any atom is 0.252 e. The Morgan fingerprint density at radius 1 is 1.47 bits per heavy atom. The van der Waals surface area contributed by atoms with Crippen LogP contribution in [0.25, 0.3) is 0 Å². The molecule has 1 amide bonds. The van der Waals surface area contributed by atoms with Crippen LogP contribution in [0.1, 0.15) is 21.1 Å². The van der Waals surface area contributed by atoms with Crippen LogP contribution in [0, 0.1) is 6.92 Å². The van der Waals surface area contributed by atoms with Gasteiger partial charge < -0.3 is 5.32 Å². The molecule has 0 saturated heterocycles. The van der Waals surface area contributed by atoms with Gasteiger partial charge in [0, 0.05) is 10.3 Å². The standard InChI is InChI=1S/C12H12N2OS2/c1-8-14-9(7-17-8)6-13-12(15)10-4-2-3-5-11(10)16/h2-5,7,16H,6H2,1H3,(H,13,15). The molecule has 2 rings (SSSR count). The second kappa shape index (κ2) is 5.33. The topological polar surface area (TPSA) is 42.0 Å². The molecule has 88 valence electrons. The molecule has 2 aromatic rings. The zero-order valence-electron chi connectivity index (χ0n) is 9.30. The van der Waals surface area contributed by atoms with Crippen LogP contribution in [0.3, 0.4) is 0 Å². The molecule has 17 heavy (non-hydrogen) atoms. The monoisotopic (exact) mass is 264 g/mol. The van der Waals surface area contributed by atoms with Crippen molar-refractivity contribution in [2.24, 2.45) is 0 Å². The Morgan fingerprint density at radius 2 is 2.24 bits per heavy atom. The van der Waals surface area contributed by atoms with Crippen molar-refractivity contribution in [1.29, 1.82) is 0 Å². The number of hydrogen-bond donors (Lipinski definition) is 2. The number of nitrogens with zero attached hydrogens (tertiary/aromatic N) is 1. The maximum absolute atomic E-state index is 11.9. The van der Waals surface area contributed by atoms with E-state index in [0.717, 1.165) is 10.7 Å². The molecule has 1 N–H and O–H groups in total. The van der Waals surface area contributed by atoms with E-state index in [1.54, 1.807) is 23.5 Å². The molecule has 0 fully saturated rings. The zero-order chi connectivity index (χ0) is 12.3. The predicted molar refractivity (Wildman–Crippen MR) is 71.7 cm³/mol. The minimum absolute atomic E-state index is 0.124. The van der Waals surface area contributed by atoms with Gasteiger partial charge in [-0.3, -0.25) is 4.79 Å². The summed E-state index contributed by atoms with van der Waals surface area (Å²) in [7, 11) is 0. The molecule has 1 heterocycles. The van der Waals surface area contributed by atoms with Gasteiger partial charge in [-0.05, 0) is 19.1 Å². The summed E-state index contributed by atoms with van der Waals surface area (Å²) in [5, 5.41) is 5.78. The largest absolute Gasteiger partial charge is 0.346 e. The third-order valence-corrected chi connectivity index (χ3v) is 3.46. The number of thiazole rings is 1. The molecule has 0 aliphatic carbocycles. The number of nitrogens with one attached hydrogen (secondary N) is 1. The Hall–Kier alpha value is -1.33. The Balaban J connectivity index is 2.01. The SMILES string of the molecule is Cc1nc(CNC(=O)c2ccccc2S)cs1. The van der Waals surface area contributed by atoms with Crippen molar-refractivity contribution >= 4 is 29.9 Å². The average molecular weight is 264 g/mol. The Bertz CT molecular complexity index is 537. The lowest BCUT2D eigenvalue weighted by molar-refractivity contribution is 0.0947. The second-order valence-electron chi connectivity index (χ2n) is 3.56. The first kappa shape index (κ1) is 12.1. The molecule has 0 spiro atoms. The first-order valence-electron chi connectivity index (χ1n) is 5.14. The summed E-state index contributed by atoms with van der Waals surface area (Å²) in [5.41, 5.74) is 1.47. The fourth-order valence-corrected chi connectivity index (χ4v) is 2.30. The van der Waals surface area contributed by atoms with Crippen LogP contribution < -0.4 is 5.32 Å². The third kappa shape index (κ3) is 3.08. The number of benzene rings is 1. The van der Waals surface area contributed by atoms with Crippen LogP contribution in [0.15, 0.2) is 34.5 Å². The van der Waals surface area contributed by atoms with Crippen LogP contribution in [0.2, 0.25) is 0 Å². The Labute approximate surface area is 109 Å². The first-order chi connectivity index (χ1) is 8.16. The fraction of sp³-hybridized carbons (Fsp3) is 0.167. The lowest BCUT2D eigenvalue weighted by Gasteiger charge is -2.05.